The van der Waals surface area contributed by atoms with E-state index in [2.05, 4.69) is 5.32 Å². The van der Waals surface area contributed by atoms with Gasteiger partial charge in [0.05, 0.1) is 33.5 Å². The number of carbonyl (C=O) groups is 2. The van der Waals surface area contributed by atoms with Crippen molar-refractivity contribution in [3.8, 4) is 22.6 Å². The standard InChI is InChI=1S/C25H29Cl2NO6/c1-6-34-14-17-12-20(31-3)22(21(13-17)32-4)18-9-7-16(8-10-18)11-19(25(30)33-5)28-24(29)15(2)23(26)27/h7-10,12-13,19H,6,11,14H2,1-5H3,(H,28,29)/t19-/m0/s1. The van der Waals surface area contributed by atoms with Crippen molar-refractivity contribution < 1.29 is 28.5 Å². The van der Waals surface area contributed by atoms with Crippen LogP contribution in [0.3, 0.4) is 0 Å². The SMILES string of the molecule is CCOCc1cc(OC)c(-c2ccc(C[C@H](NC(=O)C(C)=C(Cl)Cl)C(=O)OC)cc2)c(OC)c1. The van der Waals surface area contributed by atoms with Crippen LogP contribution >= 0.6 is 23.2 Å². The molecular weight excluding hydrogens is 481 g/mol. The second kappa shape index (κ2) is 13.2. The molecule has 1 amide bonds. The first kappa shape index (κ1) is 27.5. The Kier molecular flexibility index (Phi) is 10.7. The molecular formula is C25H29Cl2NO6. The maximum Gasteiger partial charge on any atom is 0.328 e. The lowest BCUT2D eigenvalue weighted by atomic mass is 9.98. The van der Waals surface area contributed by atoms with Crippen LogP contribution in [0, 0.1) is 0 Å². The number of esters is 1. The van der Waals surface area contributed by atoms with E-state index in [4.69, 9.17) is 42.1 Å². The van der Waals surface area contributed by atoms with Gasteiger partial charge in [-0.3, -0.25) is 4.79 Å². The molecule has 2 aromatic carbocycles. The Morgan fingerprint density at radius 2 is 1.56 bits per heavy atom. The van der Waals surface area contributed by atoms with Crippen molar-refractivity contribution >= 4 is 35.1 Å². The molecule has 2 aromatic rings. The predicted molar refractivity (Wildman–Crippen MR) is 132 cm³/mol. The highest BCUT2D eigenvalue weighted by atomic mass is 35.5. The van der Waals surface area contributed by atoms with E-state index >= 15 is 0 Å². The number of hydrogen-bond acceptors (Lipinski definition) is 6. The van der Waals surface area contributed by atoms with Crippen molar-refractivity contribution in [3.05, 3.63) is 57.6 Å². The molecule has 0 fully saturated rings. The molecule has 9 heteroatoms. The summed E-state index contributed by atoms with van der Waals surface area (Å²) in [7, 11) is 4.46. The van der Waals surface area contributed by atoms with Gasteiger partial charge in [0.15, 0.2) is 0 Å². The van der Waals surface area contributed by atoms with Crippen LogP contribution in [0.2, 0.25) is 0 Å². The fourth-order valence-corrected chi connectivity index (χ4v) is 3.46. The zero-order valence-corrected chi connectivity index (χ0v) is 21.4. The molecule has 7 nitrogen and oxygen atoms in total. The molecule has 0 spiro atoms. The van der Waals surface area contributed by atoms with Crippen LogP contribution < -0.4 is 14.8 Å². The molecule has 0 aromatic heterocycles. The number of amides is 1. The smallest absolute Gasteiger partial charge is 0.328 e. The second-order valence-electron chi connectivity index (χ2n) is 7.35. The van der Waals surface area contributed by atoms with Crippen molar-refractivity contribution in [2.75, 3.05) is 27.9 Å². The summed E-state index contributed by atoms with van der Waals surface area (Å²) in [6.45, 7) is 4.46. The van der Waals surface area contributed by atoms with Crippen molar-refractivity contribution in [2.24, 2.45) is 0 Å². The third kappa shape index (κ3) is 7.13. The quantitative estimate of drug-likeness (QED) is 0.345. The summed E-state index contributed by atoms with van der Waals surface area (Å²) in [5.74, 6) is 0.182. The molecule has 34 heavy (non-hydrogen) atoms. The fraction of sp³-hybridized carbons (Fsp3) is 0.360. The summed E-state index contributed by atoms with van der Waals surface area (Å²) < 4.78 is 21.4. The summed E-state index contributed by atoms with van der Waals surface area (Å²) >= 11 is 11.4. The van der Waals surface area contributed by atoms with Gasteiger partial charge in [-0.05, 0) is 42.7 Å². The van der Waals surface area contributed by atoms with E-state index in [9.17, 15) is 9.59 Å². The third-order valence-electron chi connectivity index (χ3n) is 5.14. The molecule has 0 heterocycles. The summed E-state index contributed by atoms with van der Waals surface area (Å²) in [5.41, 5.74) is 3.52. The maximum absolute atomic E-state index is 12.3. The lowest BCUT2D eigenvalue weighted by Gasteiger charge is -2.18. The van der Waals surface area contributed by atoms with Gasteiger partial charge in [-0.25, -0.2) is 4.79 Å². The van der Waals surface area contributed by atoms with Crippen LogP contribution in [0.15, 0.2) is 46.5 Å². The van der Waals surface area contributed by atoms with Crippen LogP contribution in [0.1, 0.15) is 25.0 Å². The molecule has 2 rings (SSSR count). The topological polar surface area (TPSA) is 83.1 Å². The van der Waals surface area contributed by atoms with Crippen LogP contribution in [0.25, 0.3) is 11.1 Å². The van der Waals surface area contributed by atoms with Crippen LogP contribution in [-0.2, 0) is 32.1 Å². The summed E-state index contributed by atoms with van der Waals surface area (Å²) in [6, 6.07) is 10.4. The molecule has 0 aliphatic rings. The minimum absolute atomic E-state index is 0.111. The van der Waals surface area contributed by atoms with Crippen molar-refractivity contribution in [1.82, 2.24) is 5.32 Å². The fourth-order valence-electron chi connectivity index (χ4n) is 3.29. The van der Waals surface area contributed by atoms with Gasteiger partial charge in [0.1, 0.15) is 22.0 Å². The van der Waals surface area contributed by atoms with Gasteiger partial charge in [0, 0.05) is 18.6 Å². The Balaban J connectivity index is 2.32. The molecule has 1 atom stereocenters. The summed E-state index contributed by atoms with van der Waals surface area (Å²) in [6.07, 6.45) is 0.216. The first-order chi connectivity index (χ1) is 16.2. The van der Waals surface area contributed by atoms with E-state index in [1.807, 2.05) is 43.3 Å². The highest BCUT2D eigenvalue weighted by Crippen LogP contribution is 2.40. The van der Waals surface area contributed by atoms with E-state index in [-0.39, 0.29) is 16.5 Å². The minimum atomic E-state index is -0.909. The van der Waals surface area contributed by atoms with Gasteiger partial charge in [-0.2, -0.15) is 0 Å². The van der Waals surface area contributed by atoms with E-state index in [0.29, 0.717) is 24.7 Å². The van der Waals surface area contributed by atoms with Crippen LogP contribution in [-0.4, -0.2) is 45.9 Å². The molecule has 0 aliphatic heterocycles. The predicted octanol–water partition coefficient (Wildman–Crippen LogP) is 4.82. The van der Waals surface area contributed by atoms with Crippen molar-refractivity contribution in [2.45, 2.75) is 32.9 Å². The molecule has 184 valence electrons. The maximum atomic E-state index is 12.3. The third-order valence-corrected chi connectivity index (χ3v) is 5.70. The number of nitrogens with one attached hydrogen (secondary N) is 1. The number of rotatable bonds is 11. The molecule has 0 saturated carbocycles. The minimum Gasteiger partial charge on any atom is -0.496 e. The lowest BCUT2D eigenvalue weighted by Crippen LogP contribution is -2.43. The Hall–Kier alpha value is -2.74. The lowest BCUT2D eigenvalue weighted by molar-refractivity contribution is -0.144. The summed E-state index contributed by atoms with van der Waals surface area (Å²) in [5, 5.41) is 2.61. The monoisotopic (exact) mass is 509 g/mol. The Morgan fingerprint density at radius 3 is 2.03 bits per heavy atom. The molecule has 0 bridgehead atoms. The number of ether oxygens (including phenoxy) is 4. The van der Waals surface area contributed by atoms with E-state index in [1.54, 1.807) is 14.2 Å². The Bertz CT molecular complexity index is 1010. The van der Waals surface area contributed by atoms with Gasteiger partial charge in [0.25, 0.3) is 0 Å². The van der Waals surface area contributed by atoms with Crippen molar-refractivity contribution in [1.29, 1.82) is 0 Å². The molecule has 0 aliphatic carbocycles. The first-order valence-electron chi connectivity index (χ1n) is 10.6. The van der Waals surface area contributed by atoms with Crippen molar-refractivity contribution in [3.63, 3.8) is 0 Å². The van der Waals surface area contributed by atoms with Gasteiger partial charge < -0.3 is 24.3 Å². The van der Waals surface area contributed by atoms with E-state index in [1.165, 1.54) is 14.0 Å². The molecule has 0 radical (unpaired) electrons. The van der Waals surface area contributed by atoms with Crippen LogP contribution in [0.5, 0.6) is 11.5 Å². The highest BCUT2D eigenvalue weighted by molar-refractivity contribution is 6.57. The Morgan fingerprint density at radius 1 is 0.971 bits per heavy atom. The number of methoxy groups -OCH3 is 3. The molecule has 0 saturated heterocycles. The summed E-state index contributed by atoms with van der Waals surface area (Å²) in [4.78, 5) is 24.5. The Labute approximate surface area is 209 Å². The average Bonchev–Trinajstić information content (AvgIpc) is 2.85. The zero-order chi connectivity index (χ0) is 25.3. The normalized spacial score (nSPS) is 11.4. The van der Waals surface area contributed by atoms with E-state index < -0.39 is 17.9 Å². The largest absolute Gasteiger partial charge is 0.496 e. The number of benzene rings is 2. The van der Waals surface area contributed by atoms with Gasteiger partial charge in [0.2, 0.25) is 5.91 Å². The highest BCUT2D eigenvalue weighted by Gasteiger charge is 2.23. The van der Waals surface area contributed by atoms with Crippen LogP contribution in [0.4, 0.5) is 0 Å². The first-order valence-corrected chi connectivity index (χ1v) is 11.3. The van der Waals surface area contributed by atoms with Gasteiger partial charge in [-0.1, -0.05) is 47.5 Å². The van der Waals surface area contributed by atoms with Gasteiger partial charge in [-0.15, -0.1) is 0 Å². The number of hydrogen-bond donors (Lipinski definition) is 1. The van der Waals surface area contributed by atoms with Gasteiger partial charge >= 0.3 is 5.97 Å². The number of carbonyl (C=O) groups excluding carboxylic acids is 2. The zero-order valence-electron chi connectivity index (χ0n) is 19.9. The average molecular weight is 510 g/mol. The van der Waals surface area contributed by atoms with E-state index in [0.717, 1.165) is 22.3 Å². The molecule has 1 N–H and O–H groups in total. The second-order valence-corrected chi connectivity index (χ2v) is 8.30. The number of halogens is 2. The molecule has 0 unspecified atom stereocenters.